The highest BCUT2D eigenvalue weighted by molar-refractivity contribution is 5.48. The summed E-state index contributed by atoms with van der Waals surface area (Å²) in [6, 6.07) is 6.40. The number of benzene rings is 1. The van der Waals surface area contributed by atoms with Crippen LogP contribution in [0.1, 0.15) is 16.7 Å². The average molecular weight is 300 g/mol. The van der Waals surface area contributed by atoms with Gasteiger partial charge in [-0.25, -0.2) is 4.68 Å². The van der Waals surface area contributed by atoms with Crippen LogP contribution in [0.3, 0.4) is 0 Å². The van der Waals surface area contributed by atoms with Crippen molar-refractivity contribution in [2.24, 2.45) is 5.73 Å². The van der Waals surface area contributed by atoms with Gasteiger partial charge in [-0.15, -0.1) is 0 Å². The van der Waals surface area contributed by atoms with Crippen molar-refractivity contribution in [2.75, 3.05) is 26.2 Å². The molecule has 1 aromatic carbocycles. The number of ether oxygens (including phenoxy) is 1. The Morgan fingerprint density at radius 3 is 2.95 bits per heavy atom. The van der Waals surface area contributed by atoms with E-state index in [-0.39, 0.29) is 6.10 Å². The van der Waals surface area contributed by atoms with Crippen LogP contribution in [0.5, 0.6) is 0 Å². The molecule has 0 aliphatic carbocycles. The van der Waals surface area contributed by atoms with E-state index < -0.39 is 0 Å². The van der Waals surface area contributed by atoms with Crippen molar-refractivity contribution in [2.45, 2.75) is 26.5 Å². The summed E-state index contributed by atoms with van der Waals surface area (Å²) in [4.78, 5) is 2.42. The van der Waals surface area contributed by atoms with Gasteiger partial charge in [0.05, 0.1) is 18.4 Å². The second-order valence-corrected chi connectivity index (χ2v) is 5.99. The zero-order valence-corrected chi connectivity index (χ0v) is 13.3. The molecule has 1 aromatic heterocycles. The standard InChI is InChI=1S/C17H24N4O/c1-13-8-14(2)16(17(9-13)21-5-3-4-19-21)12-20-6-7-22-15(10-18)11-20/h3-5,8-9,15H,6-7,10-12,18H2,1-2H3. The maximum absolute atomic E-state index is 5.75. The van der Waals surface area contributed by atoms with Gasteiger partial charge >= 0.3 is 0 Å². The minimum Gasteiger partial charge on any atom is -0.374 e. The zero-order chi connectivity index (χ0) is 15.5. The molecule has 5 heteroatoms. The first-order valence-electron chi connectivity index (χ1n) is 7.81. The normalized spacial score (nSPS) is 19.5. The Labute approximate surface area is 131 Å². The Hall–Kier alpha value is -1.69. The summed E-state index contributed by atoms with van der Waals surface area (Å²) in [6.07, 6.45) is 3.97. The van der Waals surface area contributed by atoms with E-state index >= 15 is 0 Å². The van der Waals surface area contributed by atoms with Gasteiger partial charge in [0, 0.05) is 38.6 Å². The molecule has 1 atom stereocenters. The van der Waals surface area contributed by atoms with E-state index in [0.29, 0.717) is 6.54 Å². The zero-order valence-electron chi connectivity index (χ0n) is 13.3. The summed E-state index contributed by atoms with van der Waals surface area (Å²) in [6.45, 7) is 8.38. The molecule has 5 nitrogen and oxygen atoms in total. The average Bonchev–Trinajstić information content (AvgIpc) is 3.04. The molecule has 22 heavy (non-hydrogen) atoms. The molecule has 2 heterocycles. The first-order chi connectivity index (χ1) is 10.7. The van der Waals surface area contributed by atoms with Crippen molar-refractivity contribution in [3.8, 4) is 5.69 Å². The number of rotatable bonds is 4. The van der Waals surface area contributed by atoms with Crippen LogP contribution < -0.4 is 5.73 Å². The summed E-state index contributed by atoms with van der Waals surface area (Å²) >= 11 is 0. The van der Waals surface area contributed by atoms with Crippen molar-refractivity contribution in [1.29, 1.82) is 0 Å². The second kappa shape index (κ2) is 6.60. The van der Waals surface area contributed by atoms with E-state index in [2.05, 4.69) is 36.0 Å². The highest BCUT2D eigenvalue weighted by Gasteiger charge is 2.21. The van der Waals surface area contributed by atoms with Crippen LogP contribution in [-0.2, 0) is 11.3 Å². The van der Waals surface area contributed by atoms with Crippen LogP contribution in [-0.4, -0.2) is 47.0 Å². The van der Waals surface area contributed by atoms with E-state index in [0.717, 1.165) is 26.2 Å². The molecule has 0 amide bonds. The van der Waals surface area contributed by atoms with Crippen LogP contribution >= 0.6 is 0 Å². The summed E-state index contributed by atoms with van der Waals surface area (Å²) in [5.74, 6) is 0. The van der Waals surface area contributed by atoms with Gasteiger partial charge in [0.15, 0.2) is 0 Å². The summed E-state index contributed by atoms with van der Waals surface area (Å²) in [5.41, 5.74) is 10.8. The molecule has 3 rings (SSSR count). The fraction of sp³-hybridized carbons (Fsp3) is 0.471. The SMILES string of the molecule is Cc1cc(C)c(CN2CCOC(CN)C2)c(-n2cccn2)c1. The van der Waals surface area contributed by atoms with Crippen LogP contribution in [0.4, 0.5) is 0 Å². The predicted octanol–water partition coefficient (Wildman–Crippen LogP) is 1.65. The maximum atomic E-state index is 5.75. The van der Waals surface area contributed by atoms with Crippen molar-refractivity contribution < 1.29 is 4.74 Å². The first kappa shape index (κ1) is 15.2. The number of nitrogens with two attached hydrogens (primary N) is 1. The lowest BCUT2D eigenvalue weighted by Gasteiger charge is -2.33. The maximum Gasteiger partial charge on any atom is 0.0824 e. The van der Waals surface area contributed by atoms with Gasteiger partial charge in [-0.3, -0.25) is 4.90 Å². The fourth-order valence-electron chi connectivity index (χ4n) is 3.09. The van der Waals surface area contributed by atoms with Crippen molar-refractivity contribution in [1.82, 2.24) is 14.7 Å². The molecular weight excluding hydrogens is 276 g/mol. The molecule has 1 saturated heterocycles. The van der Waals surface area contributed by atoms with E-state index in [1.54, 1.807) is 0 Å². The van der Waals surface area contributed by atoms with Crippen molar-refractivity contribution >= 4 is 0 Å². The Morgan fingerprint density at radius 1 is 1.36 bits per heavy atom. The van der Waals surface area contributed by atoms with Gasteiger partial charge in [-0.1, -0.05) is 6.07 Å². The van der Waals surface area contributed by atoms with Gasteiger partial charge in [0.2, 0.25) is 0 Å². The molecule has 2 N–H and O–H groups in total. The number of aryl methyl sites for hydroxylation is 2. The lowest BCUT2D eigenvalue weighted by Crippen LogP contribution is -2.45. The van der Waals surface area contributed by atoms with Crippen molar-refractivity contribution in [3.05, 3.63) is 47.3 Å². The van der Waals surface area contributed by atoms with Crippen molar-refractivity contribution in [3.63, 3.8) is 0 Å². The lowest BCUT2D eigenvalue weighted by molar-refractivity contribution is -0.0261. The summed E-state index contributed by atoms with van der Waals surface area (Å²) in [5, 5.41) is 4.41. The quantitative estimate of drug-likeness (QED) is 0.933. The Morgan fingerprint density at radius 2 is 2.23 bits per heavy atom. The van der Waals surface area contributed by atoms with Gasteiger partial charge in [0.1, 0.15) is 0 Å². The number of hydrogen-bond donors (Lipinski definition) is 1. The Bertz CT molecular complexity index is 624. The van der Waals surface area contributed by atoms with Gasteiger partial charge < -0.3 is 10.5 Å². The highest BCUT2D eigenvalue weighted by atomic mass is 16.5. The Kier molecular flexibility index (Phi) is 4.57. The van der Waals surface area contributed by atoms with E-state index in [1.165, 1.54) is 22.4 Å². The minimum atomic E-state index is 0.146. The molecular formula is C17H24N4O. The molecule has 118 valence electrons. The molecule has 0 saturated carbocycles. The summed E-state index contributed by atoms with van der Waals surface area (Å²) < 4.78 is 7.62. The number of morpholine rings is 1. The third-order valence-corrected chi connectivity index (χ3v) is 4.21. The summed E-state index contributed by atoms with van der Waals surface area (Å²) in [7, 11) is 0. The number of nitrogens with zero attached hydrogens (tertiary/aromatic N) is 3. The third-order valence-electron chi connectivity index (χ3n) is 4.21. The molecule has 1 fully saturated rings. The minimum absolute atomic E-state index is 0.146. The van der Waals surface area contributed by atoms with Crippen LogP contribution in [0.25, 0.3) is 5.69 Å². The van der Waals surface area contributed by atoms with Crippen LogP contribution in [0.15, 0.2) is 30.6 Å². The van der Waals surface area contributed by atoms with E-state index in [4.69, 9.17) is 10.5 Å². The molecule has 1 aliphatic heterocycles. The number of hydrogen-bond acceptors (Lipinski definition) is 4. The van der Waals surface area contributed by atoms with E-state index in [1.807, 2.05) is 23.1 Å². The first-order valence-corrected chi connectivity index (χ1v) is 7.81. The Balaban J connectivity index is 1.89. The fourth-order valence-corrected chi connectivity index (χ4v) is 3.09. The molecule has 0 spiro atoms. The van der Waals surface area contributed by atoms with Crippen LogP contribution in [0.2, 0.25) is 0 Å². The van der Waals surface area contributed by atoms with Crippen LogP contribution in [0, 0.1) is 13.8 Å². The highest BCUT2D eigenvalue weighted by Crippen LogP contribution is 2.23. The third kappa shape index (κ3) is 3.21. The monoisotopic (exact) mass is 300 g/mol. The smallest absolute Gasteiger partial charge is 0.0824 e. The second-order valence-electron chi connectivity index (χ2n) is 5.99. The largest absolute Gasteiger partial charge is 0.374 e. The van der Waals surface area contributed by atoms with Gasteiger partial charge in [-0.05, 0) is 42.7 Å². The lowest BCUT2D eigenvalue weighted by atomic mass is 10.0. The molecule has 1 unspecified atom stereocenters. The predicted molar refractivity (Wildman–Crippen MR) is 87.1 cm³/mol. The molecule has 0 bridgehead atoms. The topological polar surface area (TPSA) is 56.3 Å². The van der Waals surface area contributed by atoms with Gasteiger partial charge in [-0.2, -0.15) is 5.10 Å². The van der Waals surface area contributed by atoms with Gasteiger partial charge in [0.25, 0.3) is 0 Å². The number of aromatic nitrogens is 2. The molecule has 2 aromatic rings. The van der Waals surface area contributed by atoms with E-state index in [9.17, 15) is 0 Å². The molecule has 0 radical (unpaired) electrons. The molecule has 1 aliphatic rings.